The van der Waals surface area contributed by atoms with E-state index in [1.54, 1.807) is 0 Å². The van der Waals surface area contributed by atoms with Crippen molar-refractivity contribution in [2.24, 2.45) is 17.8 Å². The van der Waals surface area contributed by atoms with Gasteiger partial charge in [-0.05, 0) is 55.3 Å². The predicted molar refractivity (Wildman–Crippen MR) is 142 cm³/mol. The van der Waals surface area contributed by atoms with E-state index in [9.17, 15) is 5.11 Å². The van der Waals surface area contributed by atoms with Gasteiger partial charge in [0, 0.05) is 18.3 Å². The van der Waals surface area contributed by atoms with Crippen molar-refractivity contribution in [1.29, 1.82) is 0 Å². The van der Waals surface area contributed by atoms with Crippen LogP contribution in [0.5, 0.6) is 0 Å². The van der Waals surface area contributed by atoms with Crippen LogP contribution in [0, 0.1) is 17.8 Å². The summed E-state index contributed by atoms with van der Waals surface area (Å²) in [6, 6.07) is 3.25. The van der Waals surface area contributed by atoms with Gasteiger partial charge in [0.2, 0.25) is 0 Å². The number of hydrogen-bond acceptors (Lipinski definition) is 6. The third-order valence-electron chi connectivity index (χ3n) is 9.76. The first-order valence-corrected chi connectivity index (χ1v) is 16.8. The van der Waals surface area contributed by atoms with Gasteiger partial charge < -0.3 is 28.5 Å². The molecule has 4 heterocycles. The molecule has 0 aromatic heterocycles. The minimum atomic E-state index is -1.88. The minimum Gasteiger partial charge on any atom is -0.409 e. The number of aliphatic hydroxyl groups is 1. The monoisotopic (exact) mass is 518 g/mol. The fraction of sp³-hybridized carbons (Fsp3) is 0.793. The molecule has 1 N–H and O–H groups in total. The molecule has 5 rings (SSSR count). The molecule has 0 aromatic carbocycles. The van der Waals surface area contributed by atoms with Gasteiger partial charge in [-0.25, -0.2) is 0 Å². The van der Waals surface area contributed by atoms with Crippen LogP contribution in [0.3, 0.4) is 0 Å². The van der Waals surface area contributed by atoms with E-state index in [0.29, 0.717) is 31.1 Å². The molecule has 9 unspecified atom stereocenters. The molecule has 5 aliphatic rings. The molecule has 4 bridgehead atoms. The van der Waals surface area contributed by atoms with Crippen LogP contribution in [0.25, 0.3) is 0 Å². The van der Waals surface area contributed by atoms with Gasteiger partial charge in [-0.2, -0.15) is 0 Å². The number of rotatable bonds is 11. The standard InChI is InChI=1S/C29H46O6Si/c1-7-12-21-17(6)25-19(26(25)32-21)14-18-15-20(30)27-23-16-24(33-29(18)34-27)28(22(31-23)13-8-2)35-36(9-3,10-4)11-5/h7-8,18-30H,1-2,6,9-16H2,3-5H3/t18?,19?,20?,21-,22?,23+,24?,25?,26?,27?,28?,29+/m0/s1. The van der Waals surface area contributed by atoms with Gasteiger partial charge in [0.05, 0.1) is 42.7 Å². The molecule has 5 fully saturated rings. The van der Waals surface area contributed by atoms with Crippen molar-refractivity contribution in [1.82, 2.24) is 0 Å². The lowest BCUT2D eigenvalue weighted by Crippen LogP contribution is -2.57. The Labute approximate surface area is 218 Å². The Morgan fingerprint density at radius 2 is 1.67 bits per heavy atom. The van der Waals surface area contributed by atoms with E-state index in [4.69, 9.17) is 23.4 Å². The van der Waals surface area contributed by atoms with Crippen LogP contribution < -0.4 is 0 Å². The molecule has 7 heteroatoms. The van der Waals surface area contributed by atoms with Gasteiger partial charge in [-0.1, -0.05) is 39.5 Å². The van der Waals surface area contributed by atoms with Crippen LogP contribution in [0.15, 0.2) is 37.5 Å². The lowest BCUT2D eigenvalue weighted by Gasteiger charge is -2.45. The molecular weight excluding hydrogens is 472 g/mol. The Kier molecular flexibility index (Phi) is 8.00. The highest BCUT2D eigenvalue weighted by Crippen LogP contribution is 2.58. The Bertz CT molecular complexity index is 820. The first-order chi connectivity index (χ1) is 17.4. The molecule has 0 radical (unpaired) electrons. The summed E-state index contributed by atoms with van der Waals surface area (Å²) in [5.41, 5.74) is 1.20. The second kappa shape index (κ2) is 10.8. The normalized spacial score (nSPS) is 45.6. The van der Waals surface area contributed by atoms with Crippen LogP contribution >= 0.6 is 0 Å². The van der Waals surface area contributed by atoms with Crippen LogP contribution in [0.2, 0.25) is 18.1 Å². The summed E-state index contributed by atoms with van der Waals surface area (Å²) < 4.78 is 33.1. The van der Waals surface area contributed by atoms with E-state index in [0.717, 1.165) is 31.0 Å². The van der Waals surface area contributed by atoms with Crippen molar-refractivity contribution < 1.29 is 28.5 Å². The quantitative estimate of drug-likeness (QED) is 0.302. The molecule has 4 saturated heterocycles. The number of aliphatic hydroxyl groups excluding tert-OH is 1. The third-order valence-corrected chi connectivity index (χ3v) is 14.4. The maximum atomic E-state index is 11.1. The fourth-order valence-electron chi connectivity index (χ4n) is 7.36. The van der Waals surface area contributed by atoms with E-state index >= 15 is 0 Å². The zero-order valence-corrected chi connectivity index (χ0v) is 23.3. The SMILES string of the molecule is C=CCC1O[C@@H]2CC(O[C@@H]3OC2C(O)CC3CC2C3O[C@@H](CC=C)C(=C)C23)C1O[Si](CC)(CC)CC. The van der Waals surface area contributed by atoms with Gasteiger partial charge in [0.15, 0.2) is 14.6 Å². The van der Waals surface area contributed by atoms with Gasteiger partial charge in [0.1, 0.15) is 6.10 Å². The molecule has 0 aromatic rings. The van der Waals surface area contributed by atoms with Crippen molar-refractivity contribution in [3.05, 3.63) is 37.5 Å². The first-order valence-electron chi connectivity index (χ1n) is 14.3. The van der Waals surface area contributed by atoms with E-state index < -0.39 is 14.4 Å². The summed E-state index contributed by atoms with van der Waals surface area (Å²) in [6.45, 7) is 18.9. The summed E-state index contributed by atoms with van der Waals surface area (Å²) in [6.07, 6.45) is 6.14. The molecular formula is C29H46O6Si. The predicted octanol–water partition coefficient (Wildman–Crippen LogP) is 5.14. The van der Waals surface area contributed by atoms with Crippen molar-refractivity contribution in [3.8, 4) is 0 Å². The van der Waals surface area contributed by atoms with Crippen molar-refractivity contribution in [3.63, 3.8) is 0 Å². The first kappa shape index (κ1) is 26.8. The smallest absolute Gasteiger partial charge is 0.192 e. The van der Waals surface area contributed by atoms with Gasteiger partial charge in [-0.3, -0.25) is 0 Å². The van der Waals surface area contributed by atoms with Crippen LogP contribution in [-0.2, 0) is 23.4 Å². The van der Waals surface area contributed by atoms with Gasteiger partial charge >= 0.3 is 0 Å². The molecule has 36 heavy (non-hydrogen) atoms. The van der Waals surface area contributed by atoms with Gasteiger partial charge in [0.25, 0.3) is 0 Å². The number of ether oxygens (including phenoxy) is 4. The highest BCUT2D eigenvalue weighted by Gasteiger charge is 2.61. The van der Waals surface area contributed by atoms with Crippen molar-refractivity contribution >= 4 is 8.32 Å². The molecule has 4 aliphatic heterocycles. The Hall–Kier alpha value is -0.803. The van der Waals surface area contributed by atoms with Crippen molar-refractivity contribution in [2.75, 3.05) is 0 Å². The molecule has 202 valence electrons. The van der Waals surface area contributed by atoms with E-state index in [1.165, 1.54) is 5.57 Å². The topological polar surface area (TPSA) is 66.4 Å². The Balaban J connectivity index is 1.32. The largest absolute Gasteiger partial charge is 0.409 e. The van der Waals surface area contributed by atoms with Crippen LogP contribution in [-0.4, -0.2) is 68.5 Å². The van der Waals surface area contributed by atoms with E-state index in [-0.39, 0.29) is 54.9 Å². The lowest BCUT2D eigenvalue weighted by molar-refractivity contribution is -0.257. The summed E-state index contributed by atoms with van der Waals surface area (Å²) in [4.78, 5) is 0. The summed E-state index contributed by atoms with van der Waals surface area (Å²) in [5, 5.41) is 11.1. The average Bonchev–Trinajstić information content (AvgIpc) is 3.48. The molecule has 0 amide bonds. The maximum absolute atomic E-state index is 11.1. The molecule has 0 spiro atoms. The molecule has 12 atom stereocenters. The van der Waals surface area contributed by atoms with Gasteiger partial charge in [-0.15, -0.1) is 13.2 Å². The summed E-state index contributed by atoms with van der Waals surface area (Å²) in [5.74, 6) is 0.959. The third kappa shape index (κ3) is 4.74. The molecule has 1 saturated carbocycles. The number of fused-ring (bicyclic) bond motifs is 6. The summed E-state index contributed by atoms with van der Waals surface area (Å²) >= 11 is 0. The van der Waals surface area contributed by atoms with E-state index in [1.807, 2.05) is 12.2 Å². The molecule has 1 aliphatic carbocycles. The van der Waals surface area contributed by atoms with E-state index in [2.05, 4.69) is 40.5 Å². The fourth-order valence-corrected chi connectivity index (χ4v) is 10.2. The Morgan fingerprint density at radius 3 is 2.28 bits per heavy atom. The summed E-state index contributed by atoms with van der Waals surface area (Å²) in [7, 11) is -1.88. The molecule has 6 nitrogen and oxygen atoms in total. The Morgan fingerprint density at radius 1 is 0.944 bits per heavy atom. The number of hydrogen-bond donors (Lipinski definition) is 1. The average molecular weight is 519 g/mol. The highest BCUT2D eigenvalue weighted by molar-refractivity contribution is 6.73. The van der Waals surface area contributed by atoms with Crippen LogP contribution in [0.1, 0.15) is 52.9 Å². The second-order valence-electron chi connectivity index (χ2n) is 11.6. The van der Waals surface area contributed by atoms with Crippen LogP contribution in [0.4, 0.5) is 0 Å². The zero-order chi connectivity index (χ0) is 25.6. The zero-order valence-electron chi connectivity index (χ0n) is 22.3. The maximum Gasteiger partial charge on any atom is 0.192 e. The van der Waals surface area contributed by atoms with Crippen molar-refractivity contribution in [2.45, 2.75) is 126 Å². The minimum absolute atomic E-state index is 0.102. The second-order valence-corrected chi connectivity index (χ2v) is 16.3. The highest BCUT2D eigenvalue weighted by atomic mass is 28.4. The lowest BCUT2D eigenvalue weighted by atomic mass is 9.86.